The van der Waals surface area contributed by atoms with Crippen molar-refractivity contribution in [2.75, 3.05) is 11.4 Å². The third kappa shape index (κ3) is 2.51. The molecule has 1 aromatic rings. The quantitative estimate of drug-likeness (QED) is 0.863. The van der Waals surface area contributed by atoms with Crippen molar-refractivity contribution in [2.24, 2.45) is 0 Å². The molecule has 1 aliphatic rings. The van der Waals surface area contributed by atoms with Gasteiger partial charge >= 0.3 is 6.18 Å². The minimum Gasteiger partial charge on any atom is -0.391 e. The summed E-state index contributed by atoms with van der Waals surface area (Å²) in [7, 11) is 0. The van der Waals surface area contributed by atoms with Crippen molar-refractivity contribution < 1.29 is 23.1 Å². The van der Waals surface area contributed by atoms with Crippen LogP contribution in [0.15, 0.2) is 22.7 Å². The van der Waals surface area contributed by atoms with Crippen molar-refractivity contribution in [3.05, 3.63) is 28.2 Å². The Morgan fingerprint density at radius 3 is 2.56 bits per heavy atom. The summed E-state index contributed by atoms with van der Waals surface area (Å²) in [6.45, 7) is -0.113. The zero-order valence-electron chi connectivity index (χ0n) is 9.04. The summed E-state index contributed by atoms with van der Waals surface area (Å²) < 4.78 is 39.0. The Morgan fingerprint density at radius 1 is 1.39 bits per heavy atom. The first-order valence-electron chi connectivity index (χ1n) is 5.14. The molecule has 1 aromatic carbocycles. The number of carbonyl (C=O) groups is 1. The summed E-state index contributed by atoms with van der Waals surface area (Å²) in [6.07, 6.45) is -5.61. The first-order valence-corrected chi connectivity index (χ1v) is 5.93. The van der Waals surface area contributed by atoms with Crippen molar-refractivity contribution in [3.8, 4) is 0 Å². The number of aliphatic hydroxyl groups is 1. The number of β-amino-alcohol motifs (C(OH)–C–C–N with tert-alkyl or cyclic N) is 1. The summed E-state index contributed by atoms with van der Waals surface area (Å²) in [5.41, 5.74) is -1.11. The van der Waals surface area contributed by atoms with Crippen molar-refractivity contribution in [1.82, 2.24) is 0 Å². The lowest BCUT2D eigenvalue weighted by Crippen LogP contribution is -2.28. The van der Waals surface area contributed by atoms with Gasteiger partial charge in [-0.3, -0.25) is 4.79 Å². The normalized spacial score (nSPS) is 20.6. The molecule has 0 radical (unpaired) electrons. The maximum atomic E-state index is 12.8. The Hall–Kier alpha value is -1.08. The minimum atomic E-state index is -4.54. The zero-order valence-corrected chi connectivity index (χ0v) is 10.6. The number of rotatable bonds is 1. The van der Waals surface area contributed by atoms with Crippen molar-refractivity contribution in [1.29, 1.82) is 0 Å². The fourth-order valence-corrected chi connectivity index (χ4v) is 2.24. The molecule has 1 amide bonds. The molecule has 98 valence electrons. The Morgan fingerprint density at radius 2 is 2.06 bits per heavy atom. The molecule has 1 heterocycles. The lowest BCUT2D eigenvalue weighted by Gasteiger charge is -2.21. The smallest absolute Gasteiger partial charge is 0.391 e. The standard InChI is InChI=1S/C11H9BrF3NO2/c12-6-1-2-8(11(13,14)15)9(3-6)16-5-7(17)4-10(16)18/h1-3,7,17H,4-5H2. The van der Waals surface area contributed by atoms with Crippen LogP contribution in [0.3, 0.4) is 0 Å². The summed E-state index contributed by atoms with van der Waals surface area (Å²) in [5, 5.41) is 9.34. The van der Waals surface area contributed by atoms with Gasteiger partial charge in [-0.15, -0.1) is 0 Å². The number of hydrogen-bond donors (Lipinski definition) is 1. The van der Waals surface area contributed by atoms with Crippen LogP contribution in [-0.4, -0.2) is 23.7 Å². The highest BCUT2D eigenvalue weighted by molar-refractivity contribution is 9.10. The van der Waals surface area contributed by atoms with E-state index in [1.165, 1.54) is 12.1 Å². The van der Waals surface area contributed by atoms with Crippen LogP contribution in [-0.2, 0) is 11.0 Å². The number of aliphatic hydroxyl groups excluding tert-OH is 1. The number of alkyl halides is 3. The van der Waals surface area contributed by atoms with Gasteiger partial charge in [-0.25, -0.2) is 0 Å². The molecular weight excluding hydrogens is 315 g/mol. The molecule has 0 spiro atoms. The second-order valence-electron chi connectivity index (χ2n) is 4.02. The predicted octanol–water partition coefficient (Wildman–Crippen LogP) is 2.57. The van der Waals surface area contributed by atoms with Gasteiger partial charge in [0.25, 0.3) is 0 Å². The number of amides is 1. The highest BCUT2D eigenvalue weighted by atomic mass is 79.9. The zero-order chi connectivity index (χ0) is 13.5. The van der Waals surface area contributed by atoms with Gasteiger partial charge in [0.15, 0.2) is 0 Å². The molecule has 1 aliphatic heterocycles. The molecule has 1 N–H and O–H groups in total. The number of halogens is 4. The monoisotopic (exact) mass is 323 g/mol. The van der Waals surface area contributed by atoms with E-state index in [0.717, 1.165) is 11.0 Å². The molecule has 2 rings (SSSR count). The summed E-state index contributed by atoms with van der Waals surface area (Å²) in [4.78, 5) is 12.5. The molecule has 1 unspecified atom stereocenters. The van der Waals surface area contributed by atoms with Crippen LogP contribution < -0.4 is 4.90 Å². The van der Waals surface area contributed by atoms with E-state index in [0.29, 0.717) is 4.47 Å². The van der Waals surface area contributed by atoms with Crippen LogP contribution in [0.25, 0.3) is 0 Å². The van der Waals surface area contributed by atoms with E-state index in [-0.39, 0.29) is 18.7 Å². The van der Waals surface area contributed by atoms with Crippen LogP contribution in [0.1, 0.15) is 12.0 Å². The highest BCUT2D eigenvalue weighted by Gasteiger charge is 2.38. The molecule has 0 saturated carbocycles. The van der Waals surface area contributed by atoms with Crippen LogP contribution in [0.5, 0.6) is 0 Å². The Kier molecular flexibility index (Phi) is 3.37. The Balaban J connectivity index is 2.49. The van der Waals surface area contributed by atoms with Crippen LogP contribution in [0.2, 0.25) is 0 Å². The van der Waals surface area contributed by atoms with Gasteiger partial charge in [-0.1, -0.05) is 15.9 Å². The average molecular weight is 324 g/mol. The third-order valence-corrected chi connectivity index (χ3v) is 3.15. The van der Waals surface area contributed by atoms with E-state index in [9.17, 15) is 23.1 Å². The molecule has 3 nitrogen and oxygen atoms in total. The van der Waals surface area contributed by atoms with Crippen molar-refractivity contribution >= 4 is 27.5 Å². The van der Waals surface area contributed by atoms with Gasteiger partial charge in [0, 0.05) is 4.47 Å². The Bertz CT molecular complexity index is 490. The number of benzene rings is 1. The third-order valence-electron chi connectivity index (χ3n) is 2.66. The maximum Gasteiger partial charge on any atom is 0.418 e. The summed E-state index contributed by atoms with van der Waals surface area (Å²) in [6, 6.07) is 3.42. The van der Waals surface area contributed by atoms with Gasteiger partial charge < -0.3 is 10.0 Å². The number of carbonyl (C=O) groups excluding carboxylic acids is 1. The van der Waals surface area contributed by atoms with E-state index >= 15 is 0 Å². The number of anilines is 1. The SMILES string of the molecule is O=C1CC(O)CN1c1cc(Br)ccc1C(F)(F)F. The second kappa shape index (κ2) is 4.55. The topological polar surface area (TPSA) is 40.5 Å². The predicted molar refractivity (Wildman–Crippen MR) is 62.1 cm³/mol. The molecular formula is C11H9BrF3NO2. The van der Waals surface area contributed by atoms with Gasteiger partial charge in [0.1, 0.15) is 0 Å². The largest absolute Gasteiger partial charge is 0.418 e. The molecule has 1 atom stereocenters. The summed E-state index contributed by atoms with van der Waals surface area (Å²) in [5.74, 6) is -0.508. The first kappa shape index (κ1) is 13.4. The summed E-state index contributed by atoms with van der Waals surface area (Å²) >= 11 is 3.08. The van der Waals surface area contributed by atoms with E-state index < -0.39 is 23.8 Å². The van der Waals surface area contributed by atoms with Gasteiger partial charge in [0.05, 0.1) is 30.3 Å². The molecule has 0 bridgehead atoms. The van der Waals surface area contributed by atoms with Crippen molar-refractivity contribution in [2.45, 2.75) is 18.7 Å². The van der Waals surface area contributed by atoms with E-state index in [1.54, 1.807) is 0 Å². The van der Waals surface area contributed by atoms with E-state index in [1.807, 2.05) is 0 Å². The fourth-order valence-electron chi connectivity index (χ4n) is 1.89. The average Bonchev–Trinajstić information content (AvgIpc) is 2.55. The van der Waals surface area contributed by atoms with Gasteiger partial charge in [-0.2, -0.15) is 13.2 Å². The lowest BCUT2D eigenvalue weighted by atomic mass is 10.1. The van der Waals surface area contributed by atoms with Crippen LogP contribution in [0.4, 0.5) is 18.9 Å². The number of nitrogens with zero attached hydrogens (tertiary/aromatic N) is 1. The van der Waals surface area contributed by atoms with Crippen LogP contribution >= 0.6 is 15.9 Å². The molecule has 0 aromatic heterocycles. The van der Waals surface area contributed by atoms with Gasteiger partial charge in [0.2, 0.25) is 5.91 Å². The van der Waals surface area contributed by atoms with E-state index in [4.69, 9.17) is 0 Å². The lowest BCUT2D eigenvalue weighted by molar-refractivity contribution is -0.137. The second-order valence-corrected chi connectivity index (χ2v) is 4.94. The van der Waals surface area contributed by atoms with Crippen molar-refractivity contribution in [3.63, 3.8) is 0 Å². The Labute approximate surface area is 109 Å². The molecule has 1 saturated heterocycles. The maximum absolute atomic E-state index is 12.8. The minimum absolute atomic E-state index is 0.113. The first-order chi connectivity index (χ1) is 8.29. The molecule has 0 aliphatic carbocycles. The van der Waals surface area contributed by atoms with Gasteiger partial charge in [-0.05, 0) is 18.2 Å². The molecule has 18 heavy (non-hydrogen) atoms. The highest BCUT2D eigenvalue weighted by Crippen LogP contribution is 2.39. The number of hydrogen-bond acceptors (Lipinski definition) is 2. The molecule has 7 heteroatoms. The van der Waals surface area contributed by atoms with E-state index in [2.05, 4.69) is 15.9 Å². The molecule has 1 fully saturated rings. The fraction of sp³-hybridized carbons (Fsp3) is 0.364. The van der Waals surface area contributed by atoms with Crippen LogP contribution in [0, 0.1) is 0 Å².